The van der Waals surface area contributed by atoms with Gasteiger partial charge in [0.05, 0.1) is 11.0 Å². The first-order chi connectivity index (χ1) is 30.9. The number of nitrogens with zero attached hydrogens (tertiary/aromatic N) is 2. The highest BCUT2D eigenvalue weighted by Crippen LogP contribution is 2.51. The number of hydrogen-bond donors (Lipinski definition) is 0. The van der Waals surface area contributed by atoms with Crippen LogP contribution in [0.15, 0.2) is 198 Å². The van der Waals surface area contributed by atoms with Gasteiger partial charge in [0, 0.05) is 63.5 Å². The van der Waals surface area contributed by atoms with Crippen molar-refractivity contribution >= 4 is 68.5 Å². The van der Waals surface area contributed by atoms with Crippen LogP contribution in [0.4, 0.5) is 5.69 Å². The van der Waals surface area contributed by atoms with Gasteiger partial charge in [-0.3, -0.25) is 0 Å². The van der Waals surface area contributed by atoms with E-state index in [0.717, 1.165) is 78.7 Å². The number of rotatable bonds is 6. The van der Waals surface area contributed by atoms with Crippen LogP contribution < -0.4 is 0 Å². The van der Waals surface area contributed by atoms with Gasteiger partial charge in [0.15, 0.2) is 12.4 Å². The molecule has 1 saturated carbocycles. The summed E-state index contributed by atoms with van der Waals surface area (Å²) in [4.78, 5) is 0. The van der Waals surface area contributed by atoms with Crippen molar-refractivity contribution in [2.45, 2.75) is 67.5 Å². The topological polar surface area (TPSA) is 21.1 Å². The van der Waals surface area contributed by atoms with Crippen LogP contribution in [0.5, 0.6) is 0 Å². The summed E-state index contributed by atoms with van der Waals surface area (Å²) < 4.78 is 10.9. The molecule has 6 aromatic carbocycles. The Kier molecular flexibility index (Phi) is 14.3. The fourth-order valence-corrected chi connectivity index (χ4v) is 8.28. The normalized spacial score (nSPS) is 17.5. The molecule has 2 aliphatic rings. The van der Waals surface area contributed by atoms with Crippen LogP contribution in [0, 0.1) is 17.3 Å². The average molecular weight is 835 g/mol. The molecule has 1 radical (unpaired) electrons. The fraction of sp³-hybridized carbons (Fsp3) is 0.183. The maximum Gasteiger partial charge on any atom is 0.210 e. The molecule has 3 heterocycles. The van der Waals surface area contributed by atoms with Gasteiger partial charge in [0.1, 0.15) is 18.4 Å². The quantitative estimate of drug-likeness (QED) is 0.0929. The zero-order valence-electron chi connectivity index (χ0n) is 37.2. The number of allylic oxidation sites excluding steroid dienone is 8. The van der Waals surface area contributed by atoms with Crippen LogP contribution in [0.2, 0.25) is 13.6 Å². The zero-order valence-corrected chi connectivity index (χ0v) is 37.2. The summed E-state index contributed by atoms with van der Waals surface area (Å²) in [7, 11) is 2.00. The summed E-state index contributed by atoms with van der Waals surface area (Å²) in [5.41, 5.74) is 13.6. The molecule has 0 atom stereocenters. The second-order valence-electron chi connectivity index (χ2n) is 16.5. The van der Waals surface area contributed by atoms with Crippen molar-refractivity contribution in [2.24, 2.45) is 5.41 Å². The van der Waals surface area contributed by atoms with Crippen LogP contribution in [0.3, 0.4) is 0 Å². The van der Waals surface area contributed by atoms with Crippen molar-refractivity contribution in [3.63, 3.8) is 0 Å². The average Bonchev–Trinajstić information content (AvgIpc) is 3.91. The molecule has 64 heavy (non-hydrogen) atoms. The molecule has 4 heteroatoms. The maximum atomic E-state index is 6.36. The molecule has 1 fully saturated rings. The van der Waals surface area contributed by atoms with Gasteiger partial charge >= 0.3 is 0 Å². The van der Waals surface area contributed by atoms with Gasteiger partial charge < -0.3 is 8.98 Å². The molecule has 0 N–H and O–H groups in total. The van der Waals surface area contributed by atoms with Crippen molar-refractivity contribution in [2.75, 3.05) is 0 Å². The Labute approximate surface area is 381 Å². The molecule has 1 aliphatic heterocycles. The third-order valence-electron chi connectivity index (χ3n) is 12.2. The van der Waals surface area contributed by atoms with E-state index in [2.05, 4.69) is 193 Å². The van der Waals surface area contributed by atoms with E-state index >= 15 is 0 Å². The van der Waals surface area contributed by atoms with E-state index < -0.39 is 0 Å². The van der Waals surface area contributed by atoms with Crippen LogP contribution in [-0.2, 0) is 0 Å². The molecular weight excluding hydrogens is 775 g/mol. The molecule has 2 aromatic heterocycles. The van der Waals surface area contributed by atoms with Gasteiger partial charge in [-0.25, -0.2) is 0 Å². The zero-order chi connectivity index (χ0) is 43.8. The number of fused-ring (bicyclic) bond motifs is 6. The van der Waals surface area contributed by atoms with Crippen molar-refractivity contribution in [3.05, 3.63) is 199 Å². The van der Waals surface area contributed by atoms with Crippen LogP contribution in [0.1, 0.15) is 59.4 Å². The van der Waals surface area contributed by atoms with Crippen molar-refractivity contribution in [1.29, 1.82) is 0 Å². The molecule has 3 nitrogen and oxygen atoms in total. The van der Waals surface area contributed by atoms with Gasteiger partial charge in [0.2, 0.25) is 5.69 Å². The van der Waals surface area contributed by atoms with Gasteiger partial charge in [-0.15, -0.1) is 11.8 Å². The highest BCUT2D eigenvalue weighted by atomic mass is 16.3. The number of furan rings is 1. The third-order valence-corrected chi connectivity index (χ3v) is 12.2. The van der Waals surface area contributed by atoms with Gasteiger partial charge in [-0.05, 0) is 103 Å². The van der Waals surface area contributed by atoms with Crippen molar-refractivity contribution in [3.8, 4) is 28.7 Å². The van der Waals surface area contributed by atoms with Crippen molar-refractivity contribution < 1.29 is 8.99 Å². The van der Waals surface area contributed by atoms with E-state index in [-0.39, 0.29) is 7.43 Å². The van der Waals surface area contributed by atoms with Crippen LogP contribution >= 0.6 is 0 Å². The number of benzene rings is 6. The summed E-state index contributed by atoms with van der Waals surface area (Å²) in [6.07, 6.45) is 20.1. The minimum Gasteiger partial charge on any atom is -0.455 e. The van der Waals surface area contributed by atoms with Crippen LogP contribution in [-0.4, -0.2) is 22.6 Å². The highest BCUT2D eigenvalue weighted by Gasteiger charge is 2.39. The molecule has 317 valence electrons. The minimum atomic E-state index is 0. The Balaban J connectivity index is 0.000000414. The Hall–Kier alpha value is -7.09. The molecule has 10 rings (SSSR count). The molecular formula is C60H59BN2O+. The van der Waals surface area contributed by atoms with Gasteiger partial charge in [-0.1, -0.05) is 144 Å². The number of aromatic nitrogens is 1. The molecule has 1 aliphatic carbocycles. The van der Waals surface area contributed by atoms with E-state index in [4.69, 9.17) is 4.42 Å². The lowest BCUT2D eigenvalue weighted by atomic mass is 9.88. The SMILES string of the molecule is C.C=C1\C=C/C=C\[N+](c2ccccc2)=C\C=C(c2ccc3c(c2)c2ccccc2n3-c2ccc(-c3cccc4c3oc3ccccc34)cc2)/C=C/1C.CC#CCC1(CC)CC1.C[B]C. The predicted molar refractivity (Wildman–Crippen MR) is 279 cm³/mol. The Bertz CT molecular complexity index is 3150. The monoisotopic (exact) mass is 834 g/mol. The van der Waals surface area contributed by atoms with E-state index in [1.807, 2.05) is 58.2 Å². The minimum absolute atomic E-state index is 0. The first-order valence-corrected chi connectivity index (χ1v) is 22.2. The summed E-state index contributed by atoms with van der Waals surface area (Å²) in [5, 5.41) is 4.70. The first-order valence-electron chi connectivity index (χ1n) is 22.2. The summed E-state index contributed by atoms with van der Waals surface area (Å²) in [6.45, 7) is 14.6. The maximum absolute atomic E-state index is 6.36. The highest BCUT2D eigenvalue weighted by molar-refractivity contribution is 6.31. The number of para-hydroxylation sites is 4. The van der Waals surface area contributed by atoms with E-state index in [0.29, 0.717) is 5.41 Å². The predicted octanol–water partition coefficient (Wildman–Crippen LogP) is 16.7. The second-order valence-corrected chi connectivity index (χ2v) is 16.5. The standard InChI is InChI=1S/C48H35N2O.C9H14.C2H6B.CH4/c1-33-13-10-11-29-49(38-14-4-3-5-15-38)30-28-37(31-34(33)2)36-24-27-46-44(32-36)41-16-6-8-20-45(41)50(46)39-25-22-35(23-26-39)40-18-12-19-43-42-17-7-9-21-47(42)51-48(40)43;1-3-5-6-9(4-2)7-8-9;1-3-2;/h3-32H,1H2,2H3;4,6-8H2,1-2H3;1-2H3;1H4/q+1;;;/b13-10-,29-11-,34-31+;;;. The Morgan fingerprint density at radius 1 is 0.750 bits per heavy atom. The van der Waals surface area contributed by atoms with E-state index in [1.54, 1.807) is 0 Å². The fourth-order valence-electron chi connectivity index (χ4n) is 8.28. The van der Waals surface area contributed by atoms with E-state index in [1.165, 1.54) is 35.6 Å². The lowest BCUT2D eigenvalue weighted by molar-refractivity contribution is -0.353. The van der Waals surface area contributed by atoms with E-state index in [9.17, 15) is 0 Å². The molecule has 8 aromatic rings. The summed E-state index contributed by atoms with van der Waals surface area (Å²) >= 11 is 0. The molecule has 0 saturated heterocycles. The van der Waals surface area contributed by atoms with Crippen LogP contribution in [0.25, 0.3) is 66.1 Å². The molecule has 0 bridgehead atoms. The largest absolute Gasteiger partial charge is 0.455 e. The Morgan fingerprint density at radius 3 is 2.16 bits per heavy atom. The van der Waals surface area contributed by atoms with Crippen molar-refractivity contribution in [1.82, 2.24) is 4.57 Å². The number of hydrogen-bond acceptors (Lipinski definition) is 1. The second kappa shape index (κ2) is 20.4. The lowest BCUT2D eigenvalue weighted by Gasteiger charge is -2.10. The summed E-state index contributed by atoms with van der Waals surface area (Å²) in [5.74, 6) is 6.10. The molecule has 0 amide bonds. The first kappa shape index (κ1) is 45.0. The third kappa shape index (κ3) is 9.61. The molecule has 0 unspecified atom stereocenters. The van der Waals surface area contributed by atoms with Gasteiger partial charge in [0.25, 0.3) is 0 Å². The Morgan fingerprint density at radius 2 is 1.42 bits per heavy atom. The smallest absolute Gasteiger partial charge is 0.210 e. The summed E-state index contributed by atoms with van der Waals surface area (Å²) in [6, 6.07) is 49.4. The van der Waals surface area contributed by atoms with Gasteiger partial charge in [-0.2, -0.15) is 4.58 Å². The molecule has 0 spiro atoms. The lowest BCUT2D eigenvalue weighted by Crippen LogP contribution is -1.97.